The Morgan fingerprint density at radius 3 is 1.64 bits per heavy atom. The van der Waals surface area contributed by atoms with E-state index in [-0.39, 0.29) is 5.41 Å². The summed E-state index contributed by atoms with van der Waals surface area (Å²) in [7, 11) is 0. The molecule has 0 bridgehead atoms. The van der Waals surface area contributed by atoms with Crippen LogP contribution >= 0.6 is 0 Å². The Hall–Kier alpha value is -6.96. The van der Waals surface area contributed by atoms with E-state index < -0.39 is 0 Å². The Bertz CT molecular complexity index is 3370. The Morgan fingerprint density at radius 1 is 0.339 bits per heavy atom. The van der Waals surface area contributed by atoms with Gasteiger partial charge in [0.25, 0.3) is 0 Å². The van der Waals surface area contributed by atoms with Crippen molar-refractivity contribution in [2.45, 2.75) is 19.3 Å². The summed E-state index contributed by atoms with van der Waals surface area (Å²) < 4.78 is 6.72. The van der Waals surface area contributed by atoms with E-state index in [1.807, 2.05) is 0 Å². The lowest BCUT2D eigenvalue weighted by atomic mass is 9.82. The number of fused-ring (bicyclic) bond motifs is 11. The van der Waals surface area contributed by atoms with E-state index in [4.69, 9.17) is 4.42 Å². The van der Waals surface area contributed by atoms with Crippen molar-refractivity contribution < 1.29 is 4.42 Å². The summed E-state index contributed by atoms with van der Waals surface area (Å²) in [6.07, 6.45) is 0. The van der Waals surface area contributed by atoms with Crippen molar-refractivity contribution >= 4 is 65.0 Å². The molecule has 0 amide bonds. The molecule has 10 aromatic carbocycles. The van der Waals surface area contributed by atoms with Crippen LogP contribution < -0.4 is 0 Å². The summed E-state index contributed by atoms with van der Waals surface area (Å²) in [6.45, 7) is 4.64. The highest BCUT2D eigenvalue weighted by atomic mass is 16.3. The Balaban J connectivity index is 0.954. The van der Waals surface area contributed by atoms with Crippen molar-refractivity contribution in [2.24, 2.45) is 0 Å². The van der Waals surface area contributed by atoms with Gasteiger partial charge in [0, 0.05) is 21.6 Å². The van der Waals surface area contributed by atoms with Crippen LogP contribution in [0.5, 0.6) is 0 Å². The summed E-state index contributed by atoms with van der Waals surface area (Å²) >= 11 is 0. The second-order valence-corrected chi connectivity index (χ2v) is 16.0. The van der Waals surface area contributed by atoms with E-state index in [0.29, 0.717) is 0 Å². The van der Waals surface area contributed by atoms with Gasteiger partial charge in [0.1, 0.15) is 11.2 Å². The maximum Gasteiger partial charge on any atom is 0.143 e. The molecule has 0 spiro atoms. The van der Waals surface area contributed by atoms with Gasteiger partial charge in [-0.3, -0.25) is 0 Å². The molecular formula is C55H36O. The fourth-order valence-electron chi connectivity index (χ4n) is 9.86. The first-order valence-corrected chi connectivity index (χ1v) is 19.6. The molecule has 12 rings (SSSR count). The zero-order valence-corrected chi connectivity index (χ0v) is 31.2. The van der Waals surface area contributed by atoms with Crippen LogP contribution in [-0.4, -0.2) is 0 Å². The summed E-state index contributed by atoms with van der Waals surface area (Å²) in [5, 5.41) is 12.2. The molecule has 0 saturated heterocycles. The van der Waals surface area contributed by atoms with Crippen LogP contribution in [0.15, 0.2) is 186 Å². The maximum atomic E-state index is 6.72. The second-order valence-electron chi connectivity index (χ2n) is 16.0. The molecule has 1 aliphatic carbocycles. The average Bonchev–Trinajstić information content (AvgIpc) is 3.73. The molecule has 1 nitrogen and oxygen atoms in total. The first-order chi connectivity index (χ1) is 27.5. The highest BCUT2D eigenvalue weighted by molar-refractivity contribution is 6.22. The van der Waals surface area contributed by atoms with Crippen molar-refractivity contribution in [1.29, 1.82) is 0 Å². The third kappa shape index (κ3) is 4.43. The predicted octanol–water partition coefficient (Wildman–Crippen LogP) is 15.5. The van der Waals surface area contributed by atoms with Crippen LogP contribution in [0.2, 0.25) is 0 Å². The number of benzene rings is 10. The normalized spacial score (nSPS) is 13.3. The van der Waals surface area contributed by atoms with Crippen LogP contribution in [0.1, 0.15) is 25.0 Å². The second kappa shape index (κ2) is 11.5. The minimum Gasteiger partial charge on any atom is -0.455 e. The largest absolute Gasteiger partial charge is 0.455 e. The Morgan fingerprint density at radius 2 is 0.893 bits per heavy atom. The molecule has 0 aliphatic heterocycles. The van der Waals surface area contributed by atoms with Crippen LogP contribution in [0, 0.1) is 0 Å². The van der Waals surface area contributed by atoms with Gasteiger partial charge in [-0.25, -0.2) is 0 Å². The highest BCUT2D eigenvalue weighted by Crippen LogP contribution is 2.51. The Kier molecular flexibility index (Phi) is 6.46. The summed E-state index contributed by atoms with van der Waals surface area (Å²) in [6, 6.07) is 67.2. The molecule has 1 aliphatic rings. The highest BCUT2D eigenvalue weighted by Gasteiger charge is 2.36. The fourth-order valence-corrected chi connectivity index (χ4v) is 9.86. The van der Waals surface area contributed by atoms with Gasteiger partial charge in [0.15, 0.2) is 0 Å². The Labute approximate surface area is 325 Å². The number of rotatable bonds is 3. The zero-order valence-electron chi connectivity index (χ0n) is 31.2. The molecule has 0 radical (unpaired) electrons. The van der Waals surface area contributed by atoms with E-state index in [1.54, 1.807) is 0 Å². The molecule has 1 aromatic heterocycles. The van der Waals surface area contributed by atoms with Crippen molar-refractivity contribution in [3.05, 3.63) is 193 Å². The standard InChI is InChI=1S/C55H36O/c1-55(2)49-18-10-9-13-41(49)47-31-48-46-28-26-38-29-37(25-27-40(38)54(46)56-51(48)32-50(47)55)34-19-22-35(23-20-34)52-42-14-5-7-16-44(42)53(45-17-8-6-15-43(45)52)39-24-21-33-11-3-4-12-36(33)30-39/h3-32H,1-2H3. The van der Waals surface area contributed by atoms with Crippen molar-refractivity contribution in [3.8, 4) is 44.5 Å². The third-order valence-corrected chi connectivity index (χ3v) is 12.6. The monoisotopic (exact) mass is 712 g/mol. The molecule has 1 heteroatoms. The van der Waals surface area contributed by atoms with Gasteiger partial charge in [-0.1, -0.05) is 159 Å². The van der Waals surface area contributed by atoms with Crippen molar-refractivity contribution in [1.82, 2.24) is 0 Å². The van der Waals surface area contributed by atoms with Crippen LogP contribution in [0.25, 0.3) is 110 Å². The molecule has 1 heterocycles. The van der Waals surface area contributed by atoms with Gasteiger partial charge in [-0.2, -0.15) is 0 Å². The smallest absolute Gasteiger partial charge is 0.143 e. The summed E-state index contributed by atoms with van der Waals surface area (Å²) in [5.41, 5.74) is 14.6. The van der Waals surface area contributed by atoms with Gasteiger partial charge >= 0.3 is 0 Å². The van der Waals surface area contributed by atoms with Crippen molar-refractivity contribution in [3.63, 3.8) is 0 Å². The first-order valence-electron chi connectivity index (χ1n) is 19.6. The van der Waals surface area contributed by atoms with Gasteiger partial charge in [-0.15, -0.1) is 0 Å². The lowest BCUT2D eigenvalue weighted by molar-refractivity contribution is 0.648. The number of hydrogen-bond donors (Lipinski definition) is 0. The van der Waals surface area contributed by atoms with Crippen molar-refractivity contribution in [2.75, 3.05) is 0 Å². The van der Waals surface area contributed by atoms with E-state index >= 15 is 0 Å². The van der Waals surface area contributed by atoms with Gasteiger partial charge in [-0.05, 0) is 130 Å². The van der Waals surface area contributed by atoms with E-state index in [0.717, 1.165) is 16.6 Å². The maximum absolute atomic E-state index is 6.72. The molecule has 0 unspecified atom stereocenters. The molecule has 0 fully saturated rings. The molecule has 0 N–H and O–H groups in total. The van der Waals surface area contributed by atoms with E-state index in [2.05, 4.69) is 196 Å². The van der Waals surface area contributed by atoms with Gasteiger partial charge in [0.2, 0.25) is 0 Å². The molecule has 0 atom stereocenters. The summed E-state index contributed by atoms with van der Waals surface area (Å²) in [4.78, 5) is 0. The van der Waals surface area contributed by atoms with Crippen LogP contribution in [0.3, 0.4) is 0 Å². The van der Waals surface area contributed by atoms with Gasteiger partial charge < -0.3 is 4.42 Å². The first kappa shape index (κ1) is 31.4. The number of hydrogen-bond acceptors (Lipinski definition) is 1. The molecule has 56 heavy (non-hydrogen) atoms. The molecule has 0 saturated carbocycles. The van der Waals surface area contributed by atoms with Crippen LogP contribution in [0.4, 0.5) is 0 Å². The third-order valence-electron chi connectivity index (χ3n) is 12.6. The van der Waals surface area contributed by atoms with E-state index in [1.165, 1.54) is 104 Å². The quantitative estimate of drug-likeness (QED) is 0.166. The SMILES string of the molecule is CC1(C)c2ccccc2-c2cc3c(cc21)oc1c2ccc(-c4ccc(-c5c6ccccc6c(-c6ccc7ccccc7c6)c6ccccc56)cc4)cc2ccc31. The van der Waals surface area contributed by atoms with E-state index in [9.17, 15) is 0 Å². The fraction of sp³-hybridized carbons (Fsp3) is 0.0545. The lowest BCUT2D eigenvalue weighted by Crippen LogP contribution is -2.14. The topological polar surface area (TPSA) is 13.1 Å². The average molecular weight is 713 g/mol. The minimum atomic E-state index is -0.0624. The lowest BCUT2D eigenvalue weighted by Gasteiger charge is -2.21. The minimum absolute atomic E-state index is 0.0624. The van der Waals surface area contributed by atoms with Gasteiger partial charge in [0.05, 0.1) is 0 Å². The summed E-state index contributed by atoms with van der Waals surface area (Å²) in [5.74, 6) is 0. The van der Waals surface area contributed by atoms with Crippen LogP contribution in [-0.2, 0) is 5.41 Å². The molecular weight excluding hydrogens is 677 g/mol. The number of furan rings is 1. The predicted molar refractivity (Wildman–Crippen MR) is 238 cm³/mol. The molecule has 262 valence electrons. The zero-order chi connectivity index (χ0) is 37.1. The molecule has 11 aromatic rings.